The van der Waals surface area contributed by atoms with Gasteiger partial charge in [0.15, 0.2) is 0 Å². The van der Waals surface area contributed by atoms with Crippen molar-refractivity contribution >= 4 is 67.4 Å². The van der Waals surface area contributed by atoms with Gasteiger partial charge in [-0.1, -0.05) is 52.4 Å². The molecule has 0 spiro atoms. The second-order valence-corrected chi connectivity index (χ2v) is 33.5. The number of thiophene rings is 4. The van der Waals surface area contributed by atoms with Gasteiger partial charge in [0.25, 0.3) is 0 Å². The van der Waals surface area contributed by atoms with E-state index in [2.05, 4.69) is 37.5 Å². The monoisotopic (exact) mass is 1280 g/mol. The van der Waals surface area contributed by atoms with Crippen molar-refractivity contribution in [2.75, 3.05) is 0 Å². The van der Waals surface area contributed by atoms with E-state index < -0.39 is 148 Å². The number of aryl methyl sites for hydroxylation is 2. The van der Waals surface area contributed by atoms with E-state index in [1.807, 2.05) is 24.3 Å². The summed E-state index contributed by atoms with van der Waals surface area (Å²) in [5, 5.41) is -0.626. The molecular formula is C64H44F14GeS4. The molecule has 0 N–H and O–H groups in total. The number of hydrogen-bond acceptors (Lipinski definition) is 4. The fraction of sp³-hybridized carbons (Fsp3) is 0.250. The molecule has 0 aliphatic carbocycles. The zero-order valence-electron chi connectivity index (χ0n) is 44.5. The molecule has 9 rings (SSSR count). The smallest absolute Gasteiger partial charge is 0.126 e. The van der Waals surface area contributed by atoms with Crippen LogP contribution in [0.5, 0.6) is 0 Å². The molecule has 1 aliphatic heterocycles. The Bertz CT molecular complexity index is 3830. The first-order valence-corrected chi connectivity index (χ1v) is 34.7. The SMILES string of the molecule is CCCCCCc1ccc(-c2ccc(C#Cc3c(F)c(F)c(C#Cc4c(F)c(F)c5[c](c4F)[Ge]([CH2]C)([CH2]C)[c]4c(F)c(C#Cc6c(F)c(F)c(C#Cc7ccc(-c8ccc(CCCCCC)s8)s7)c(F)c6F)c(F)c(F)c4-5)c(F)c3F)s2)s1. The number of fused-ring (bicyclic) bond motifs is 3. The first-order chi connectivity index (χ1) is 39.8. The summed E-state index contributed by atoms with van der Waals surface area (Å²) in [4.78, 5) is 6.36. The molecular weight excluding hydrogens is 1240 g/mol. The van der Waals surface area contributed by atoms with Gasteiger partial charge in [-0.05, 0) is 74.2 Å². The van der Waals surface area contributed by atoms with Crippen molar-refractivity contribution in [3.05, 3.63) is 183 Å². The molecule has 19 heteroatoms. The molecule has 0 saturated carbocycles. The Labute approximate surface area is 489 Å². The summed E-state index contributed by atoms with van der Waals surface area (Å²) in [5.41, 5.74) is -11.6. The van der Waals surface area contributed by atoms with Gasteiger partial charge in [-0.2, -0.15) is 0 Å². The Hall–Kier alpha value is -6.52. The molecule has 0 radical (unpaired) electrons. The van der Waals surface area contributed by atoms with Crippen LogP contribution in [-0.2, 0) is 12.8 Å². The molecule has 5 heterocycles. The van der Waals surface area contributed by atoms with Gasteiger partial charge in [0.2, 0.25) is 0 Å². The number of unbranched alkanes of at least 4 members (excludes halogenated alkanes) is 6. The van der Waals surface area contributed by atoms with Gasteiger partial charge in [0.05, 0.1) is 0 Å². The molecule has 426 valence electrons. The van der Waals surface area contributed by atoms with Crippen LogP contribution in [0.2, 0.25) is 10.5 Å². The molecule has 4 aromatic carbocycles. The van der Waals surface area contributed by atoms with E-state index in [4.69, 9.17) is 0 Å². The summed E-state index contributed by atoms with van der Waals surface area (Å²) in [6.45, 7) is 6.94. The van der Waals surface area contributed by atoms with Gasteiger partial charge in [-0.25, -0.2) is 0 Å². The maximum Gasteiger partial charge on any atom is -0.126 e. The molecule has 0 nitrogen and oxygen atoms in total. The molecule has 0 amide bonds. The van der Waals surface area contributed by atoms with Crippen molar-refractivity contribution in [2.45, 2.75) is 102 Å². The summed E-state index contributed by atoms with van der Waals surface area (Å²) >= 11 is 0.368. The van der Waals surface area contributed by atoms with E-state index in [1.165, 1.54) is 46.3 Å². The van der Waals surface area contributed by atoms with Gasteiger partial charge < -0.3 is 0 Å². The molecule has 0 bridgehead atoms. The van der Waals surface area contributed by atoms with Crippen molar-refractivity contribution in [2.24, 2.45) is 0 Å². The molecule has 4 aromatic heterocycles. The third-order valence-electron chi connectivity index (χ3n) is 14.4. The fourth-order valence-electron chi connectivity index (χ4n) is 10.0. The van der Waals surface area contributed by atoms with Crippen LogP contribution < -0.4 is 8.79 Å². The van der Waals surface area contributed by atoms with Gasteiger partial charge in [-0.15, -0.1) is 45.3 Å². The Balaban J connectivity index is 1.01. The van der Waals surface area contributed by atoms with E-state index in [0.29, 0.717) is 9.75 Å². The predicted molar refractivity (Wildman–Crippen MR) is 305 cm³/mol. The van der Waals surface area contributed by atoms with Crippen LogP contribution in [0.1, 0.15) is 132 Å². The third kappa shape index (κ3) is 11.6. The fourth-order valence-corrected chi connectivity index (χ4v) is 23.8. The number of halogens is 14. The first-order valence-electron chi connectivity index (χ1n) is 26.4. The van der Waals surface area contributed by atoms with Gasteiger partial charge in [0, 0.05) is 29.3 Å². The van der Waals surface area contributed by atoms with Crippen molar-refractivity contribution in [1.82, 2.24) is 0 Å². The topological polar surface area (TPSA) is 0 Å². The summed E-state index contributed by atoms with van der Waals surface area (Å²) in [7, 11) is 0. The molecule has 0 saturated heterocycles. The van der Waals surface area contributed by atoms with Crippen molar-refractivity contribution in [1.29, 1.82) is 0 Å². The van der Waals surface area contributed by atoms with Crippen LogP contribution in [0, 0.1) is 129 Å². The van der Waals surface area contributed by atoms with Crippen LogP contribution in [-0.4, -0.2) is 13.3 Å². The number of benzene rings is 4. The molecule has 0 atom stereocenters. The average molecular weight is 1280 g/mol. The van der Waals surface area contributed by atoms with Crippen LogP contribution in [0.15, 0.2) is 48.5 Å². The van der Waals surface area contributed by atoms with Gasteiger partial charge >= 0.3 is 291 Å². The number of hydrogen-bond donors (Lipinski definition) is 0. The first kappa shape index (κ1) is 61.1. The summed E-state index contributed by atoms with van der Waals surface area (Å²) in [6, 6.07) is 14.5. The van der Waals surface area contributed by atoms with E-state index in [-0.39, 0.29) is 10.5 Å². The molecule has 83 heavy (non-hydrogen) atoms. The normalized spacial score (nSPS) is 12.0. The summed E-state index contributed by atoms with van der Waals surface area (Å²) in [5.74, 6) is -13.0. The largest absolute Gasteiger partial charge is 0.139 e. The second kappa shape index (κ2) is 25.8. The minimum absolute atomic E-state index is 0.293. The Morgan fingerprint density at radius 1 is 0.301 bits per heavy atom. The van der Waals surface area contributed by atoms with Crippen LogP contribution in [0.3, 0.4) is 0 Å². The van der Waals surface area contributed by atoms with Crippen LogP contribution in [0.25, 0.3) is 30.6 Å². The second-order valence-electron chi connectivity index (χ2n) is 19.4. The number of rotatable bonds is 14. The summed E-state index contributed by atoms with van der Waals surface area (Å²) < 4.78 is 222. The molecule has 8 aromatic rings. The van der Waals surface area contributed by atoms with E-state index in [9.17, 15) is 0 Å². The Morgan fingerprint density at radius 3 is 0.892 bits per heavy atom. The quantitative estimate of drug-likeness (QED) is 0.0335. The molecule has 1 aliphatic rings. The summed E-state index contributed by atoms with van der Waals surface area (Å²) in [6.07, 6.45) is 10.6. The standard InChI is InChI=1S/C64H44F14GeS4/c1-5-9-11-13-15-33-19-29-43(80-33)45-31-21-35(82-45)17-23-37-49(65)53(69)39(54(70)50(37)66)25-27-41-57(73)61(77)47-48-62(78)58(74)42(60(76)64(48)79(7-3,8-4)63(47)59(41)75)28-26-40-55(71)51(67)38(52(68)56(40)72)24-18-36-22-32-46(83-36)44-30-20-34(81-44)16-14-12-10-6-2/h19-22,29-32H,5-16H2,1-4H3. The third-order valence-corrected chi connectivity index (χ3v) is 30.1. The Kier molecular flexibility index (Phi) is 19.0. The van der Waals surface area contributed by atoms with Crippen LogP contribution in [0.4, 0.5) is 61.5 Å². The zero-order chi connectivity index (χ0) is 59.6. The minimum atomic E-state index is -5.12. The van der Waals surface area contributed by atoms with Gasteiger partial charge in [0.1, 0.15) is 0 Å². The maximum absolute atomic E-state index is 17.0. The Morgan fingerprint density at radius 2 is 0.578 bits per heavy atom. The maximum atomic E-state index is 17.0. The van der Waals surface area contributed by atoms with E-state index in [0.717, 1.165) is 83.7 Å². The average Bonchev–Trinajstić information content (AvgIpc) is 1.91. The molecule has 0 fully saturated rings. The van der Waals surface area contributed by atoms with Crippen molar-refractivity contribution in [3.63, 3.8) is 0 Å². The van der Waals surface area contributed by atoms with E-state index in [1.54, 1.807) is 70.6 Å². The van der Waals surface area contributed by atoms with Crippen molar-refractivity contribution < 1.29 is 61.5 Å². The minimum Gasteiger partial charge on any atom is -0.139 e. The van der Waals surface area contributed by atoms with E-state index >= 15 is 61.5 Å². The van der Waals surface area contributed by atoms with Crippen LogP contribution >= 0.6 is 45.3 Å². The van der Waals surface area contributed by atoms with Gasteiger partial charge in [-0.3, -0.25) is 0 Å². The predicted octanol–water partition coefficient (Wildman–Crippen LogP) is 18.6. The molecule has 0 unspecified atom stereocenters. The zero-order valence-corrected chi connectivity index (χ0v) is 49.9. The van der Waals surface area contributed by atoms with Crippen molar-refractivity contribution in [3.8, 4) is 78.0 Å².